The molecular formula is C17H21NO8S. The van der Waals surface area contributed by atoms with Crippen molar-refractivity contribution < 1.29 is 37.0 Å². The van der Waals surface area contributed by atoms with Gasteiger partial charge in [-0.1, -0.05) is 0 Å². The molecule has 0 saturated carbocycles. The molecule has 1 aromatic carbocycles. The third-order valence-electron chi connectivity index (χ3n) is 4.30. The highest BCUT2D eigenvalue weighted by molar-refractivity contribution is 7.91. The van der Waals surface area contributed by atoms with Crippen molar-refractivity contribution in [3.63, 3.8) is 0 Å². The molecule has 1 fully saturated rings. The van der Waals surface area contributed by atoms with E-state index in [1.54, 1.807) is 0 Å². The lowest BCUT2D eigenvalue weighted by molar-refractivity contribution is -0.129. The summed E-state index contributed by atoms with van der Waals surface area (Å²) < 4.78 is 44.3. The first-order valence-electron chi connectivity index (χ1n) is 8.48. The maximum Gasteiger partial charge on any atom is 0.339 e. The van der Waals surface area contributed by atoms with Gasteiger partial charge in [-0.2, -0.15) is 0 Å². The fraction of sp³-hybridized carbons (Fsp3) is 0.529. The van der Waals surface area contributed by atoms with Gasteiger partial charge >= 0.3 is 5.97 Å². The molecule has 1 amide bonds. The molecule has 1 N–H and O–H groups in total. The Bertz CT molecular complexity index is 833. The van der Waals surface area contributed by atoms with Gasteiger partial charge in [0.15, 0.2) is 27.4 Å². The highest BCUT2D eigenvalue weighted by atomic mass is 32.2. The van der Waals surface area contributed by atoms with Crippen LogP contribution in [-0.2, 0) is 19.4 Å². The molecule has 0 aliphatic carbocycles. The number of amides is 1. The summed E-state index contributed by atoms with van der Waals surface area (Å²) in [4.78, 5) is 24.6. The van der Waals surface area contributed by atoms with Crippen molar-refractivity contribution >= 4 is 21.7 Å². The minimum Gasteiger partial charge on any atom is -0.493 e. The number of sulfone groups is 1. The second-order valence-corrected chi connectivity index (χ2v) is 8.59. The lowest BCUT2D eigenvalue weighted by Gasteiger charge is -2.21. The van der Waals surface area contributed by atoms with E-state index in [1.807, 2.05) is 0 Å². The van der Waals surface area contributed by atoms with Crippen molar-refractivity contribution in [1.29, 1.82) is 0 Å². The molecule has 2 heterocycles. The molecule has 1 saturated heterocycles. The molecule has 10 heteroatoms. The number of rotatable bonds is 5. The van der Waals surface area contributed by atoms with Crippen LogP contribution in [0, 0.1) is 0 Å². The van der Waals surface area contributed by atoms with Gasteiger partial charge in [0.2, 0.25) is 5.75 Å². The van der Waals surface area contributed by atoms with Crippen molar-refractivity contribution in [2.75, 3.05) is 31.8 Å². The van der Waals surface area contributed by atoms with Gasteiger partial charge < -0.3 is 24.3 Å². The van der Waals surface area contributed by atoms with Crippen LogP contribution in [0.15, 0.2) is 12.1 Å². The smallest absolute Gasteiger partial charge is 0.339 e. The van der Waals surface area contributed by atoms with E-state index < -0.39 is 33.9 Å². The van der Waals surface area contributed by atoms with Crippen molar-refractivity contribution in [3.05, 3.63) is 17.7 Å². The van der Waals surface area contributed by atoms with Gasteiger partial charge in [-0.25, -0.2) is 13.2 Å². The Morgan fingerprint density at radius 1 is 1.26 bits per heavy atom. The summed E-state index contributed by atoms with van der Waals surface area (Å²) in [5.41, 5.74) is 0.152. The molecule has 2 aliphatic heterocycles. The molecule has 2 aliphatic rings. The molecule has 1 aromatic rings. The quantitative estimate of drug-likeness (QED) is 0.704. The summed E-state index contributed by atoms with van der Waals surface area (Å²) in [6, 6.07) is 2.45. The Morgan fingerprint density at radius 3 is 2.67 bits per heavy atom. The zero-order valence-corrected chi connectivity index (χ0v) is 15.8. The summed E-state index contributed by atoms with van der Waals surface area (Å²) >= 11 is 0. The van der Waals surface area contributed by atoms with Crippen LogP contribution >= 0.6 is 0 Å². The molecular weight excluding hydrogens is 378 g/mol. The fourth-order valence-corrected chi connectivity index (χ4v) is 4.57. The lowest BCUT2D eigenvalue weighted by Crippen LogP contribution is -2.42. The van der Waals surface area contributed by atoms with Crippen LogP contribution in [0.5, 0.6) is 17.2 Å². The van der Waals surface area contributed by atoms with Crippen molar-refractivity contribution in [2.45, 2.75) is 25.5 Å². The van der Waals surface area contributed by atoms with Gasteiger partial charge in [-0.15, -0.1) is 0 Å². The van der Waals surface area contributed by atoms with E-state index in [0.717, 1.165) is 0 Å². The molecule has 148 valence electrons. The fourth-order valence-electron chi connectivity index (χ4n) is 2.90. The number of esters is 1. The second-order valence-electron chi connectivity index (χ2n) is 6.36. The third kappa shape index (κ3) is 4.44. The normalized spacial score (nSPS) is 21.2. The van der Waals surface area contributed by atoms with Crippen LogP contribution < -0.4 is 19.5 Å². The average molecular weight is 399 g/mol. The Balaban J connectivity index is 1.65. The number of carbonyl (C=O) groups is 2. The minimum absolute atomic E-state index is 0.0447. The Morgan fingerprint density at radius 2 is 2.00 bits per heavy atom. The highest BCUT2D eigenvalue weighted by Crippen LogP contribution is 2.40. The van der Waals surface area contributed by atoms with Crippen molar-refractivity contribution in [2.24, 2.45) is 0 Å². The van der Waals surface area contributed by atoms with E-state index in [-0.39, 0.29) is 17.1 Å². The molecule has 3 rings (SSSR count). The Labute approximate surface area is 156 Å². The highest BCUT2D eigenvalue weighted by Gasteiger charge is 2.31. The van der Waals surface area contributed by atoms with E-state index in [9.17, 15) is 18.0 Å². The van der Waals surface area contributed by atoms with Gasteiger partial charge in [0.05, 0.1) is 24.2 Å². The van der Waals surface area contributed by atoms with Crippen LogP contribution in [0.1, 0.15) is 23.7 Å². The summed E-state index contributed by atoms with van der Waals surface area (Å²) in [5.74, 6) is -0.231. The molecule has 0 aromatic heterocycles. The number of hydrogen-bond acceptors (Lipinski definition) is 8. The summed E-state index contributed by atoms with van der Waals surface area (Å²) in [6.45, 7) is 2.14. The van der Waals surface area contributed by atoms with E-state index in [0.29, 0.717) is 36.9 Å². The number of carbonyl (C=O) groups excluding carboxylic acids is 2. The Hall–Kier alpha value is -2.49. The monoisotopic (exact) mass is 399 g/mol. The van der Waals surface area contributed by atoms with E-state index in [1.165, 1.54) is 26.2 Å². The van der Waals surface area contributed by atoms with Gasteiger partial charge in [0.25, 0.3) is 5.91 Å². The van der Waals surface area contributed by atoms with Crippen LogP contribution in [0.2, 0.25) is 0 Å². The Kier molecular flexibility index (Phi) is 5.45. The summed E-state index contributed by atoms with van der Waals surface area (Å²) in [6.07, 6.45) is -0.728. The van der Waals surface area contributed by atoms with E-state index in [2.05, 4.69) is 5.32 Å². The van der Waals surface area contributed by atoms with Gasteiger partial charge in [0.1, 0.15) is 13.2 Å². The lowest BCUT2D eigenvalue weighted by atomic mass is 10.1. The molecule has 27 heavy (non-hydrogen) atoms. The number of fused-ring (bicyclic) bond motifs is 1. The number of methoxy groups -OCH3 is 1. The van der Waals surface area contributed by atoms with Crippen LogP contribution in [0.4, 0.5) is 0 Å². The standard InChI is InChI=1S/C17H21NO8S/c1-10(16(19)18-12-3-6-27(21,22)9-12)26-17(20)11-7-13(23-2)15-14(8-11)24-4-5-25-15/h7-8,10,12H,3-6,9H2,1-2H3,(H,18,19)/t10-,12-/m1/s1. The SMILES string of the molecule is COc1cc(C(=O)O[C@H](C)C(=O)N[C@@H]2CCS(=O)(=O)C2)cc2c1OCCO2. The zero-order chi connectivity index (χ0) is 19.6. The molecule has 9 nitrogen and oxygen atoms in total. The van der Waals surface area contributed by atoms with Gasteiger partial charge in [-0.3, -0.25) is 4.79 Å². The van der Waals surface area contributed by atoms with E-state index in [4.69, 9.17) is 18.9 Å². The van der Waals surface area contributed by atoms with Crippen molar-refractivity contribution in [3.8, 4) is 17.2 Å². The maximum atomic E-state index is 12.4. The van der Waals surface area contributed by atoms with Crippen LogP contribution in [0.25, 0.3) is 0 Å². The first kappa shape index (κ1) is 19.3. The maximum absolute atomic E-state index is 12.4. The number of hydrogen-bond donors (Lipinski definition) is 1. The van der Waals surface area contributed by atoms with E-state index >= 15 is 0 Å². The predicted octanol–water partition coefficient (Wildman–Crippen LogP) is 0.315. The summed E-state index contributed by atoms with van der Waals surface area (Å²) in [5, 5.41) is 2.60. The van der Waals surface area contributed by atoms with Crippen LogP contribution in [-0.4, -0.2) is 64.3 Å². The number of ether oxygens (including phenoxy) is 4. The van der Waals surface area contributed by atoms with Gasteiger partial charge in [-0.05, 0) is 25.5 Å². The second kappa shape index (κ2) is 7.63. The average Bonchev–Trinajstić information content (AvgIpc) is 2.98. The third-order valence-corrected chi connectivity index (χ3v) is 6.06. The minimum atomic E-state index is -3.11. The zero-order valence-electron chi connectivity index (χ0n) is 15.0. The van der Waals surface area contributed by atoms with Crippen LogP contribution in [0.3, 0.4) is 0 Å². The first-order valence-corrected chi connectivity index (χ1v) is 10.3. The molecule has 2 atom stereocenters. The van der Waals surface area contributed by atoms with Crippen molar-refractivity contribution in [1.82, 2.24) is 5.32 Å². The predicted molar refractivity (Wildman–Crippen MR) is 94.1 cm³/mol. The summed E-state index contributed by atoms with van der Waals surface area (Å²) in [7, 11) is -1.67. The molecule has 0 spiro atoms. The number of nitrogens with one attached hydrogen (secondary N) is 1. The molecule has 0 radical (unpaired) electrons. The molecule has 0 unspecified atom stereocenters. The van der Waals surface area contributed by atoms with Gasteiger partial charge in [0, 0.05) is 6.04 Å². The molecule has 0 bridgehead atoms. The topological polar surface area (TPSA) is 117 Å². The first-order chi connectivity index (χ1) is 12.8. The largest absolute Gasteiger partial charge is 0.493 e. The number of benzene rings is 1.